The molecular weight excluding hydrogens is 473 g/mol. The summed E-state index contributed by atoms with van der Waals surface area (Å²) in [6.07, 6.45) is 0. The van der Waals surface area contributed by atoms with Crippen molar-refractivity contribution in [1.82, 2.24) is 3.71 Å². The minimum absolute atomic E-state index is 0.152. The van der Waals surface area contributed by atoms with Gasteiger partial charge in [0.2, 0.25) is 11.3 Å². The first kappa shape index (κ1) is 22.8. The van der Waals surface area contributed by atoms with E-state index in [2.05, 4.69) is 15.9 Å². The third-order valence-corrected chi connectivity index (χ3v) is 7.81. The molecule has 0 fully saturated rings. The van der Waals surface area contributed by atoms with Crippen LogP contribution >= 0.6 is 15.9 Å². The number of alkyl halides is 1. The van der Waals surface area contributed by atoms with Gasteiger partial charge in [0.25, 0.3) is 10.0 Å². The van der Waals surface area contributed by atoms with E-state index in [9.17, 15) is 26.4 Å². The quantitative estimate of drug-likeness (QED) is 0.447. The monoisotopic (exact) mass is 491 g/mol. The van der Waals surface area contributed by atoms with Crippen LogP contribution in [0.25, 0.3) is 0 Å². The maximum atomic E-state index is 14.9. The maximum Gasteiger partial charge on any atom is 0.256 e. The summed E-state index contributed by atoms with van der Waals surface area (Å²) in [7, 11) is -4.43. The average molecular weight is 492 g/mol. The van der Waals surface area contributed by atoms with Crippen molar-refractivity contribution in [3.05, 3.63) is 64.6 Å². The van der Waals surface area contributed by atoms with Gasteiger partial charge in [0.1, 0.15) is 5.67 Å². The Labute approximate surface area is 174 Å². The highest BCUT2D eigenvalue weighted by Gasteiger charge is 2.42. The zero-order chi connectivity index (χ0) is 21.1. The van der Waals surface area contributed by atoms with Crippen LogP contribution in [0.1, 0.15) is 24.2 Å². The largest absolute Gasteiger partial charge is 0.294 e. The fourth-order valence-electron chi connectivity index (χ4n) is 2.57. The molecule has 0 saturated carbocycles. The number of carbonyl (C=O) groups excluding carboxylic acids is 1. The zero-order valence-corrected chi connectivity index (χ0v) is 18.3. The molecule has 0 aliphatic carbocycles. The number of hydrogen-bond donors (Lipinski definition) is 1. The third-order valence-electron chi connectivity index (χ3n) is 4.10. The molecule has 2 atom stereocenters. The summed E-state index contributed by atoms with van der Waals surface area (Å²) >= 11 is 0.227. The summed E-state index contributed by atoms with van der Waals surface area (Å²) < 4.78 is 62.6. The van der Waals surface area contributed by atoms with Gasteiger partial charge >= 0.3 is 0 Å². The van der Waals surface area contributed by atoms with Gasteiger partial charge in [-0.25, -0.2) is 17.0 Å². The van der Waals surface area contributed by atoms with E-state index in [0.29, 0.717) is 4.47 Å². The molecule has 0 aliphatic rings. The van der Waals surface area contributed by atoms with Crippen LogP contribution in [-0.4, -0.2) is 38.9 Å². The highest BCUT2D eigenvalue weighted by Crippen LogP contribution is 2.31. The molecule has 0 radical (unpaired) electrons. The predicted octanol–water partition coefficient (Wildman–Crippen LogP) is 3.82. The van der Waals surface area contributed by atoms with Gasteiger partial charge in [0.05, 0.1) is 10.8 Å². The second-order valence-corrected chi connectivity index (χ2v) is 10.3. The molecule has 0 spiro atoms. The van der Waals surface area contributed by atoms with Crippen molar-refractivity contribution in [3.8, 4) is 0 Å². The normalized spacial score (nSPS) is 14.6. The van der Waals surface area contributed by atoms with Crippen LogP contribution in [-0.2, 0) is 21.3 Å². The Morgan fingerprint density at radius 2 is 1.71 bits per heavy atom. The van der Waals surface area contributed by atoms with E-state index >= 15 is 0 Å². The van der Waals surface area contributed by atoms with Gasteiger partial charge in [-0.2, -0.15) is 0 Å². The summed E-state index contributed by atoms with van der Waals surface area (Å²) in [5.74, 6) is -2.19. The number of carbonyl (C=O) groups is 1. The molecule has 0 aliphatic heterocycles. The Morgan fingerprint density at radius 1 is 1.18 bits per heavy atom. The fourth-order valence-corrected chi connectivity index (χ4v) is 5.33. The van der Waals surface area contributed by atoms with Crippen LogP contribution in [0.3, 0.4) is 0 Å². The first-order valence-corrected chi connectivity index (χ1v) is 11.4. The molecule has 28 heavy (non-hydrogen) atoms. The predicted molar refractivity (Wildman–Crippen MR) is 108 cm³/mol. The Hall–Kier alpha value is -1.46. The molecule has 0 bridgehead atoms. The van der Waals surface area contributed by atoms with Crippen LogP contribution in [0.5, 0.6) is 0 Å². The third kappa shape index (κ3) is 5.12. The van der Waals surface area contributed by atoms with Gasteiger partial charge < -0.3 is 0 Å². The molecule has 0 aromatic heterocycles. The lowest BCUT2D eigenvalue weighted by molar-refractivity contribution is 0.0679. The second kappa shape index (κ2) is 8.91. The van der Waals surface area contributed by atoms with E-state index in [4.69, 9.17) is 0 Å². The molecule has 2 rings (SSSR count). The number of nitrogens with zero attached hydrogens (tertiary/aromatic N) is 1. The molecule has 0 amide bonds. The van der Waals surface area contributed by atoms with Gasteiger partial charge in [0, 0.05) is 16.6 Å². The van der Waals surface area contributed by atoms with Crippen molar-refractivity contribution >= 4 is 43.0 Å². The molecule has 0 heterocycles. The van der Waals surface area contributed by atoms with Crippen molar-refractivity contribution in [3.63, 3.8) is 0 Å². The molecule has 2 aromatic rings. The molecular formula is C18H19BrFNO5S2. The Kier molecular flexibility index (Phi) is 7.27. The maximum absolute atomic E-state index is 14.9. The fraction of sp³-hybridized carbons (Fsp3) is 0.278. The minimum Gasteiger partial charge on any atom is -0.294 e. The molecule has 152 valence electrons. The molecule has 10 heteroatoms. The molecule has 6 nitrogen and oxygen atoms in total. The average Bonchev–Trinajstić information content (AvgIpc) is 2.61. The summed E-state index contributed by atoms with van der Waals surface area (Å²) in [6, 6.07) is 13.3. The molecule has 1 N–H and O–H groups in total. The van der Waals surface area contributed by atoms with Crippen LogP contribution < -0.4 is 0 Å². The number of Topliss-reactive ketones (excluding diaryl/α,β-unsaturated/α-hetero) is 1. The van der Waals surface area contributed by atoms with E-state index in [1.165, 1.54) is 30.3 Å². The lowest BCUT2D eigenvalue weighted by Gasteiger charge is -2.29. The Morgan fingerprint density at radius 3 is 2.21 bits per heavy atom. The van der Waals surface area contributed by atoms with Gasteiger partial charge in [-0.3, -0.25) is 9.35 Å². The first-order chi connectivity index (χ1) is 13.0. The highest BCUT2D eigenvalue weighted by atomic mass is 79.9. The SMILES string of the molecule is CC(C)(F)C(CN(S(=O)O)S(=O)(=O)c1ccccc1)C(=O)c1ccccc1Br. The van der Waals surface area contributed by atoms with E-state index in [0.717, 1.165) is 13.8 Å². The summed E-state index contributed by atoms with van der Waals surface area (Å²) in [5.41, 5.74) is -2.00. The van der Waals surface area contributed by atoms with Crippen LogP contribution in [0.4, 0.5) is 4.39 Å². The van der Waals surface area contributed by atoms with Gasteiger partial charge in [-0.05, 0) is 32.0 Å². The van der Waals surface area contributed by atoms with Crippen molar-refractivity contribution in [1.29, 1.82) is 0 Å². The van der Waals surface area contributed by atoms with Crippen molar-refractivity contribution in [2.75, 3.05) is 6.54 Å². The smallest absolute Gasteiger partial charge is 0.256 e. The molecule has 0 saturated heterocycles. The van der Waals surface area contributed by atoms with Crippen LogP contribution in [0.2, 0.25) is 0 Å². The van der Waals surface area contributed by atoms with E-state index < -0.39 is 45.2 Å². The topological polar surface area (TPSA) is 91.8 Å². The first-order valence-electron chi connectivity index (χ1n) is 8.12. The second-order valence-electron chi connectivity index (χ2n) is 6.50. The minimum atomic E-state index is -4.43. The standard InChI is InChI=1S/C18H19BrFNO5S2/c1-18(2,20)15(17(22)14-10-6-7-11-16(14)19)12-21(27(23)24)28(25,26)13-8-4-3-5-9-13/h3-11,15H,12H2,1-2H3,(H,23,24). The van der Waals surface area contributed by atoms with Crippen molar-refractivity contribution in [2.24, 2.45) is 5.92 Å². The number of benzene rings is 2. The van der Waals surface area contributed by atoms with Crippen molar-refractivity contribution in [2.45, 2.75) is 24.4 Å². The van der Waals surface area contributed by atoms with Gasteiger partial charge in [-0.15, -0.1) is 0 Å². The lowest BCUT2D eigenvalue weighted by Crippen LogP contribution is -2.45. The lowest BCUT2D eigenvalue weighted by atomic mass is 9.86. The number of halogens is 2. The summed E-state index contributed by atoms with van der Waals surface area (Å²) in [5, 5.41) is 0. The number of ketones is 1. The number of rotatable bonds is 8. The van der Waals surface area contributed by atoms with Gasteiger partial charge in [-0.1, -0.05) is 56.0 Å². The van der Waals surface area contributed by atoms with E-state index in [1.54, 1.807) is 24.3 Å². The van der Waals surface area contributed by atoms with Crippen molar-refractivity contribution < 1.29 is 26.4 Å². The summed E-state index contributed by atoms with van der Waals surface area (Å²) in [4.78, 5) is 12.7. The number of hydrogen-bond acceptors (Lipinski definition) is 4. The van der Waals surface area contributed by atoms with Gasteiger partial charge in [0.15, 0.2) is 5.78 Å². The number of sulfonamides is 1. The molecule has 2 aromatic carbocycles. The van der Waals surface area contributed by atoms with E-state index in [1.807, 2.05) is 0 Å². The Balaban J connectivity index is 2.48. The van der Waals surface area contributed by atoms with Crippen LogP contribution in [0, 0.1) is 5.92 Å². The van der Waals surface area contributed by atoms with Crippen LogP contribution in [0.15, 0.2) is 64.0 Å². The highest BCUT2D eigenvalue weighted by molar-refractivity contribution is 9.10. The zero-order valence-electron chi connectivity index (χ0n) is 15.1. The Bertz CT molecular complexity index is 977. The summed E-state index contributed by atoms with van der Waals surface area (Å²) in [6.45, 7) is 1.45. The molecule has 2 unspecified atom stereocenters. The van der Waals surface area contributed by atoms with E-state index in [-0.39, 0.29) is 14.2 Å².